The molecule has 0 radical (unpaired) electrons. The smallest absolute Gasteiger partial charge is 0.267 e. The topological polar surface area (TPSA) is 64.4 Å². The Kier molecular flexibility index (Phi) is 6.88. The van der Waals surface area contributed by atoms with Crippen LogP contribution in [0.4, 0.5) is 5.69 Å². The minimum atomic E-state index is -0.443. The quantitative estimate of drug-likeness (QED) is 0.466. The fourth-order valence-electron chi connectivity index (χ4n) is 4.02. The number of piperidine rings is 1. The van der Waals surface area contributed by atoms with Gasteiger partial charge in [0.05, 0.1) is 5.25 Å². The number of hydrogen-bond donors (Lipinski definition) is 0. The van der Waals surface area contributed by atoms with Crippen molar-refractivity contribution in [2.75, 3.05) is 18.0 Å². The Bertz CT molecular complexity index is 1100. The largest absolute Gasteiger partial charge is 0.338 e. The van der Waals surface area contributed by atoms with Crippen molar-refractivity contribution >= 4 is 40.9 Å². The Hall–Kier alpha value is -2.75. The van der Waals surface area contributed by atoms with Gasteiger partial charge in [-0.3, -0.25) is 14.5 Å². The predicted molar refractivity (Wildman–Crippen MR) is 128 cm³/mol. The molecule has 164 valence electrons. The van der Waals surface area contributed by atoms with Gasteiger partial charge in [0.25, 0.3) is 5.91 Å². The van der Waals surface area contributed by atoms with Crippen LogP contribution in [-0.4, -0.2) is 35.1 Å². The Morgan fingerprint density at radius 1 is 1.16 bits per heavy atom. The number of amides is 2. The molecule has 0 aliphatic carbocycles. The summed E-state index contributed by atoms with van der Waals surface area (Å²) in [6.45, 7) is 3.23. The monoisotopic (exact) mass is 465 g/mol. The number of halogens is 1. The lowest BCUT2D eigenvalue weighted by atomic mass is 10.1. The van der Waals surface area contributed by atoms with Gasteiger partial charge in [0.1, 0.15) is 16.7 Å². The molecule has 2 aromatic carbocycles. The highest BCUT2D eigenvalue weighted by Crippen LogP contribution is 2.42. The number of carbonyl (C=O) groups excluding carboxylic acids is 2. The second kappa shape index (κ2) is 9.81. The second-order valence-corrected chi connectivity index (χ2v) is 9.65. The second-order valence-electron chi connectivity index (χ2n) is 8.05. The summed E-state index contributed by atoms with van der Waals surface area (Å²) < 4.78 is 0. The Labute approximate surface area is 197 Å². The van der Waals surface area contributed by atoms with E-state index in [1.807, 2.05) is 55.5 Å². The third-order valence-electron chi connectivity index (χ3n) is 5.81. The van der Waals surface area contributed by atoms with Gasteiger partial charge in [-0.25, -0.2) is 0 Å². The van der Waals surface area contributed by atoms with Gasteiger partial charge in [-0.15, -0.1) is 0 Å². The molecule has 2 saturated heterocycles. The van der Waals surface area contributed by atoms with Gasteiger partial charge in [0.15, 0.2) is 0 Å². The van der Waals surface area contributed by atoms with Gasteiger partial charge < -0.3 is 4.90 Å². The maximum atomic E-state index is 13.5. The number of anilines is 1. The zero-order valence-corrected chi connectivity index (χ0v) is 19.5. The molecule has 0 aromatic heterocycles. The van der Waals surface area contributed by atoms with E-state index in [4.69, 9.17) is 11.6 Å². The molecule has 0 N–H and O–H groups in total. The fraction of sp³-hybridized carbons (Fsp3) is 0.320. The van der Waals surface area contributed by atoms with Crippen LogP contribution in [0.25, 0.3) is 0 Å². The third kappa shape index (κ3) is 4.55. The van der Waals surface area contributed by atoms with E-state index in [-0.39, 0.29) is 17.4 Å². The van der Waals surface area contributed by atoms with Crippen LogP contribution in [0.2, 0.25) is 5.02 Å². The standard InChI is InChI=1S/C25H24ClN3O2S/c1-17-10-11-18(14-21(17)26)15-22-24(31)29(19-8-4-2-5-9-19)25(32-22)20(16-27)23(30)28-12-6-3-7-13-28/h2,4-5,8-11,14,22H,3,6-7,12-13,15H2,1H3. The first-order valence-corrected chi connectivity index (χ1v) is 12.0. The summed E-state index contributed by atoms with van der Waals surface area (Å²) in [4.78, 5) is 30.0. The zero-order chi connectivity index (χ0) is 22.7. The normalized spacial score (nSPS) is 20.3. The molecule has 2 heterocycles. The highest BCUT2D eigenvalue weighted by Gasteiger charge is 2.41. The minimum absolute atomic E-state index is 0.0403. The van der Waals surface area contributed by atoms with Crippen LogP contribution >= 0.6 is 23.4 Å². The minimum Gasteiger partial charge on any atom is -0.338 e. The summed E-state index contributed by atoms with van der Waals surface area (Å²) in [7, 11) is 0. The SMILES string of the molecule is Cc1ccc(CC2SC(=C(C#N)C(=O)N3CCCCC3)N(c3ccccc3)C2=O)cc1Cl. The molecule has 2 fully saturated rings. The van der Waals surface area contributed by atoms with Crippen molar-refractivity contribution in [3.05, 3.63) is 75.3 Å². The molecule has 4 rings (SSSR count). The van der Waals surface area contributed by atoms with E-state index in [9.17, 15) is 14.9 Å². The lowest BCUT2D eigenvalue weighted by Crippen LogP contribution is -2.37. The molecule has 7 heteroatoms. The first-order chi connectivity index (χ1) is 15.5. The van der Waals surface area contributed by atoms with Gasteiger partial charge >= 0.3 is 0 Å². The molecule has 2 aromatic rings. The molecule has 0 spiro atoms. The number of nitrogens with zero attached hydrogens (tertiary/aromatic N) is 3. The van der Waals surface area contributed by atoms with E-state index in [1.165, 1.54) is 16.7 Å². The van der Waals surface area contributed by atoms with Gasteiger partial charge in [-0.2, -0.15) is 5.26 Å². The van der Waals surface area contributed by atoms with Crippen molar-refractivity contribution in [2.24, 2.45) is 0 Å². The molecule has 0 saturated carbocycles. The Balaban J connectivity index is 1.71. The molecule has 5 nitrogen and oxygen atoms in total. The van der Waals surface area contributed by atoms with Crippen LogP contribution in [-0.2, 0) is 16.0 Å². The third-order valence-corrected chi connectivity index (χ3v) is 7.48. The summed E-state index contributed by atoms with van der Waals surface area (Å²) in [6, 6.07) is 17.1. The van der Waals surface area contributed by atoms with Gasteiger partial charge in [-0.05, 0) is 61.9 Å². The number of nitriles is 1. The van der Waals surface area contributed by atoms with Crippen molar-refractivity contribution in [2.45, 2.75) is 37.9 Å². The number of thioether (sulfide) groups is 1. The number of para-hydroxylation sites is 1. The first kappa shape index (κ1) is 22.4. The molecule has 32 heavy (non-hydrogen) atoms. The molecule has 0 bridgehead atoms. The molecule has 2 aliphatic rings. The number of hydrogen-bond acceptors (Lipinski definition) is 4. The Morgan fingerprint density at radius 2 is 1.88 bits per heavy atom. The molecule has 2 aliphatic heterocycles. The van der Waals surface area contributed by atoms with E-state index in [0.717, 1.165) is 30.4 Å². The number of rotatable bonds is 4. The van der Waals surface area contributed by atoms with Crippen molar-refractivity contribution in [3.63, 3.8) is 0 Å². The van der Waals surface area contributed by atoms with Crippen molar-refractivity contribution < 1.29 is 9.59 Å². The highest BCUT2D eigenvalue weighted by molar-refractivity contribution is 8.05. The first-order valence-electron chi connectivity index (χ1n) is 10.7. The number of benzene rings is 2. The summed E-state index contributed by atoms with van der Waals surface area (Å²) in [5, 5.41) is 10.6. The fourth-order valence-corrected chi connectivity index (χ4v) is 5.53. The van der Waals surface area contributed by atoms with E-state index in [2.05, 4.69) is 6.07 Å². The van der Waals surface area contributed by atoms with Crippen LogP contribution in [0.5, 0.6) is 0 Å². The summed E-state index contributed by atoms with van der Waals surface area (Å²) >= 11 is 7.58. The average molecular weight is 466 g/mol. The van der Waals surface area contributed by atoms with E-state index < -0.39 is 5.25 Å². The lowest BCUT2D eigenvalue weighted by Gasteiger charge is -2.27. The summed E-state index contributed by atoms with van der Waals surface area (Å²) in [5.74, 6) is -0.422. The molecular weight excluding hydrogens is 442 g/mol. The van der Waals surface area contributed by atoms with E-state index in [0.29, 0.717) is 35.2 Å². The molecule has 2 amide bonds. The van der Waals surface area contributed by atoms with Gasteiger partial charge in [-0.1, -0.05) is 53.7 Å². The number of aryl methyl sites for hydroxylation is 1. The Morgan fingerprint density at radius 3 is 2.53 bits per heavy atom. The number of likely N-dealkylation sites (tertiary alicyclic amines) is 1. The maximum Gasteiger partial charge on any atom is 0.267 e. The lowest BCUT2D eigenvalue weighted by molar-refractivity contribution is -0.127. The van der Waals surface area contributed by atoms with Crippen LogP contribution in [0, 0.1) is 18.3 Å². The van der Waals surface area contributed by atoms with Crippen molar-refractivity contribution in [3.8, 4) is 6.07 Å². The van der Waals surface area contributed by atoms with Gasteiger partial charge in [0.2, 0.25) is 5.91 Å². The molecule has 1 unspecified atom stereocenters. The molecular formula is C25H24ClN3O2S. The maximum absolute atomic E-state index is 13.5. The molecule has 1 atom stereocenters. The van der Waals surface area contributed by atoms with Crippen molar-refractivity contribution in [1.82, 2.24) is 4.90 Å². The summed E-state index contributed by atoms with van der Waals surface area (Å²) in [6.07, 6.45) is 3.43. The van der Waals surface area contributed by atoms with Crippen LogP contribution in [0.15, 0.2) is 59.1 Å². The average Bonchev–Trinajstić information content (AvgIpc) is 3.13. The number of carbonyl (C=O) groups is 2. The van der Waals surface area contributed by atoms with Crippen molar-refractivity contribution in [1.29, 1.82) is 5.26 Å². The van der Waals surface area contributed by atoms with Gasteiger partial charge in [0, 0.05) is 23.8 Å². The van der Waals surface area contributed by atoms with Crippen LogP contribution in [0.3, 0.4) is 0 Å². The zero-order valence-electron chi connectivity index (χ0n) is 17.9. The van der Waals surface area contributed by atoms with E-state index >= 15 is 0 Å². The van der Waals surface area contributed by atoms with Crippen LogP contribution < -0.4 is 4.90 Å². The van der Waals surface area contributed by atoms with E-state index in [1.54, 1.807) is 4.90 Å². The predicted octanol–water partition coefficient (Wildman–Crippen LogP) is 5.09. The van der Waals surface area contributed by atoms with Crippen LogP contribution in [0.1, 0.15) is 30.4 Å². The highest BCUT2D eigenvalue weighted by atomic mass is 35.5. The summed E-state index contributed by atoms with van der Waals surface area (Å²) in [5.41, 5.74) is 2.62.